The van der Waals surface area contributed by atoms with Gasteiger partial charge in [0.15, 0.2) is 0 Å². The molecule has 0 nitrogen and oxygen atoms in total. The van der Waals surface area contributed by atoms with Gasteiger partial charge in [-0.05, 0) is 77.9 Å². The molecule has 0 aromatic carbocycles. The standard InChI is InChI=1S/C23H44/c1-14(2)16(5)10-11-19-12-20(17(19)6)18(7)22(15(3)4)21-13-23(21,8)9/h14-22H,10-13H2,1-9H3. The second-order valence-corrected chi connectivity index (χ2v) is 10.8. The monoisotopic (exact) mass is 320 g/mol. The van der Waals surface area contributed by atoms with Crippen molar-refractivity contribution in [3.05, 3.63) is 0 Å². The lowest BCUT2D eigenvalue weighted by Gasteiger charge is -2.50. The van der Waals surface area contributed by atoms with Crippen LogP contribution in [0, 0.1) is 58.7 Å². The minimum absolute atomic E-state index is 0.627. The molecule has 2 saturated carbocycles. The third kappa shape index (κ3) is 4.16. The Morgan fingerprint density at radius 2 is 1.52 bits per heavy atom. The molecule has 7 unspecified atom stereocenters. The highest BCUT2D eigenvalue weighted by Gasteiger charge is 2.54. The molecule has 0 N–H and O–H groups in total. The van der Waals surface area contributed by atoms with Gasteiger partial charge in [-0.2, -0.15) is 0 Å². The fourth-order valence-corrected chi connectivity index (χ4v) is 5.71. The fraction of sp³-hybridized carbons (Fsp3) is 1.00. The van der Waals surface area contributed by atoms with Crippen LogP contribution in [0.1, 0.15) is 88.0 Å². The van der Waals surface area contributed by atoms with Gasteiger partial charge in [-0.3, -0.25) is 0 Å². The summed E-state index contributed by atoms with van der Waals surface area (Å²) in [4.78, 5) is 0. The number of hydrogen-bond acceptors (Lipinski definition) is 0. The molecule has 0 amide bonds. The topological polar surface area (TPSA) is 0 Å². The Hall–Kier alpha value is 0. The Kier molecular flexibility index (Phi) is 5.95. The van der Waals surface area contributed by atoms with Gasteiger partial charge in [0.05, 0.1) is 0 Å². The Morgan fingerprint density at radius 3 is 1.91 bits per heavy atom. The third-order valence-corrected chi connectivity index (χ3v) is 8.23. The smallest absolute Gasteiger partial charge is 0.0320 e. The van der Waals surface area contributed by atoms with Crippen LogP contribution >= 0.6 is 0 Å². The van der Waals surface area contributed by atoms with Crippen LogP contribution in [0.3, 0.4) is 0 Å². The molecular formula is C23H44. The first kappa shape index (κ1) is 19.3. The molecule has 0 aromatic rings. The van der Waals surface area contributed by atoms with Crippen molar-refractivity contribution < 1.29 is 0 Å². The summed E-state index contributed by atoms with van der Waals surface area (Å²) in [6, 6.07) is 0. The molecule has 2 aliphatic rings. The highest BCUT2D eigenvalue weighted by atomic mass is 14.6. The van der Waals surface area contributed by atoms with E-state index in [9.17, 15) is 0 Å². The largest absolute Gasteiger partial charge is 0.0625 e. The molecule has 0 saturated heterocycles. The highest BCUT2D eigenvalue weighted by molar-refractivity contribution is 5.03. The van der Waals surface area contributed by atoms with E-state index in [1.165, 1.54) is 25.7 Å². The van der Waals surface area contributed by atoms with Gasteiger partial charge in [0.2, 0.25) is 0 Å². The highest BCUT2D eigenvalue weighted by Crippen LogP contribution is 2.62. The maximum Gasteiger partial charge on any atom is -0.0320 e. The first-order chi connectivity index (χ1) is 10.6. The van der Waals surface area contributed by atoms with Crippen molar-refractivity contribution in [3.63, 3.8) is 0 Å². The van der Waals surface area contributed by atoms with Gasteiger partial charge in [-0.15, -0.1) is 0 Å². The second-order valence-electron chi connectivity index (χ2n) is 10.8. The summed E-state index contributed by atoms with van der Waals surface area (Å²) in [5, 5.41) is 0. The molecule has 0 spiro atoms. The number of hydrogen-bond donors (Lipinski definition) is 0. The number of rotatable bonds is 8. The predicted octanol–water partition coefficient (Wildman–Crippen LogP) is 7.29. The zero-order chi connectivity index (χ0) is 17.5. The fourth-order valence-electron chi connectivity index (χ4n) is 5.71. The lowest BCUT2D eigenvalue weighted by atomic mass is 9.56. The maximum atomic E-state index is 2.59. The Balaban J connectivity index is 1.86. The molecule has 2 aliphatic carbocycles. The third-order valence-electron chi connectivity index (χ3n) is 8.23. The van der Waals surface area contributed by atoms with Crippen LogP contribution in [0.4, 0.5) is 0 Å². The Morgan fingerprint density at radius 1 is 0.957 bits per heavy atom. The average molecular weight is 321 g/mol. The van der Waals surface area contributed by atoms with Crippen molar-refractivity contribution in [2.75, 3.05) is 0 Å². The van der Waals surface area contributed by atoms with Gasteiger partial charge in [-0.1, -0.05) is 68.7 Å². The van der Waals surface area contributed by atoms with E-state index in [-0.39, 0.29) is 0 Å². The van der Waals surface area contributed by atoms with Crippen molar-refractivity contribution in [1.29, 1.82) is 0 Å². The van der Waals surface area contributed by atoms with E-state index in [2.05, 4.69) is 62.3 Å². The summed E-state index contributed by atoms with van der Waals surface area (Å²) >= 11 is 0. The summed E-state index contributed by atoms with van der Waals surface area (Å²) in [5.41, 5.74) is 0.627. The van der Waals surface area contributed by atoms with Gasteiger partial charge >= 0.3 is 0 Å². The summed E-state index contributed by atoms with van der Waals surface area (Å²) in [5.74, 6) is 8.45. The van der Waals surface area contributed by atoms with Crippen molar-refractivity contribution in [2.24, 2.45) is 58.7 Å². The average Bonchev–Trinajstić information content (AvgIpc) is 3.04. The summed E-state index contributed by atoms with van der Waals surface area (Å²) in [6.45, 7) is 22.3. The van der Waals surface area contributed by atoms with Crippen molar-refractivity contribution in [2.45, 2.75) is 88.0 Å². The summed E-state index contributed by atoms with van der Waals surface area (Å²) in [6.07, 6.45) is 5.90. The lowest BCUT2D eigenvalue weighted by molar-refractivity contribution is -0.00697. The quantitative estimate of drug-likeness (QED) is 0.440. The molecule has 2 rings (SSSR count). The normalized spacial score (nSPS) is 36.7. The Labute approximate surface area is 147 Å². The van der Waals surface area contributed by atoms with Gasteiger partial charge in [0.1, 0.15) is 0 Å². The van der Waals surface area contributed by atoms with Crippen LogP contribution in [0.5, 0.6) is 0 Å². The van der Waals surface area contributed by atoms with E-state index < -0.39 is 0 Å². The second kappa shape index (κ2) is 7.09. The first-order valence-electron chi connectivity index (χ1n) is 10.6. The minimum Gasteiger partial charge on any atom is -0.0625 e. The molecule has 0 radical (unpaired) electrons. The van der Waals surface area contributed by atoms with E-state index >= 15 is 0 Å². The molecular weight excluding hydrogens is 276 g/mol. The van der Waals surface area contributed by atoms with Crippen LogP contribution < -0.4 is 0 Å². The zero-order valence-electron chi connectivity index (χ0n) is 17.5. The van der Waals surface area contributed by atoms with Crippen LogP contribution in [0.25, 0.3) is 0 Å². The van der Waals surface area contributed by atoms with Crippen LogP contribution in [-0.2, 0) is 0 Å². The van der Waals surface area contributed by atoms with Gasteiger partial charge in [0, 0.05) is 0 Å². The van der Waals surface area contributed by atoms with E-state index in [1.807, 2.05) is 0 Å². The molecule has 7 atom stereocenters. The van der Waals surface area contributed by atoms with E-state index in [0.717, 1.165) is 53.3 Å². The Bertz CT molecular complexity index is 377. The molecule has 0 heterocycles. The van der Waals surface area contributed by atoms with Gasteiger partial charge < -0.3 is 0 Å². The predicted molar refractivity (Wildman–Crippen MR) is 103 cm³/mol. The van der Waals surface area contributed by atoms with Crippen LogP contribution in [-0.4, -0.2) is 0 Å². The van der Waals surface area contributed by atoms with Crippen molar-refractivity contribution in [1.82, 2.24) is 0 Å². The van der Waals surface area contributed by atoms with E-state index in [1.54, 1.807) is 0 Å². The van der Waals surface area contributed by atoms with Crippen LogP contribution in [0.2, 0.25) is 0 Å². The molecule has 23 heavy (non-hydrogen) atoms. The molecule has 0 aromatic heterocycles. The van der Waals surface area contributed by atoms with Crippen LogP contribution in [0.15, 0.2) is 0 Å². The van der Waals surface area contributed by atoms with Crippen molar-refractivity contribution in [3.8, 4) is 0 Å². The van der Waals surface area contributed by atoms with E-state index in [4.69, 9.17) is 0 Å². The summed E-state index contributed by atoms with van der Waals surface area (Å²) in [7, 11) is 0. The zero-order valence-corrected chi connectivity index (χ0v) is 17.5. The van der Waals surface area contributed by atoms with Gasteiger partial charge in [0.25, 0.3) is 0 Å². The molecule has 2 fully saturated rings. The van der Waals surface area contributed by atoms with Crippen molar-refractivity contribution >= 4 is 0 Å². The minimum atomic E-state index is 0.627. The molecule has 0 bridgehead atoms. The summed E-state index contributed by atoms with van der Waals surface area (Å²) < 4.78 is 0. The first-order valence-corrected chi connectivity index (χ1v) is 10.6. The maximum absolute atomic E-state index is 2.59. The van der Waals surface area contributed by atoms with E-state index in [0.29, 0.717) is 5.41 Å². The van der Waals surface area contributed by atoms with Gasteiger partial charge in [-0.25, -0.2) is 0 Å². The molecule has 136 valence electrons. The molecule has 0 aliphatic heterocycles. The lowest BCUT2D eigenvalue weighted by Crippen LogP contribution is -2.42. The SMILES string of the molecule is CC(C)C(C)CCC1CC(C(C)C(C(C)C)C2CC2(C)C)C1C. The molecule has 0 heteroatoms.